The van der Waals surface area contributed by atoms with E-state index in [1.54, 1.807) is 29.2 Å². The highest BCUT2D eigenvalue weighted by atomic mass is 16.5. The lowest BCUT2D eigenvalue weighted by molar-refractivity contribution is 0.0602. The van der Waals surface area contributed by atoms with Gasteiger partial charge < -0.3 is 15.0 Å². The number of benzene rings is 1. The molecule has 1 aliphatic rings. The normalized spacial score (nSPS) is 15.5. The van der Waals surface area contributed by atoms with Crippen LogP contribution in [0.1, 0.15) is 23.7 Å². The van der Waals surface area contributed by atoms with E-state index in [-0.39, 0.29) is 6.03 Å². The summed E-state index contributed by atoms with van der Waals surface area (Å²) in [7, 11) is 1.33. The molecule has 0 radical (unpaired) electrons. The smallest absolute Gasteiger partial charge is 0.339 e. The minimum Gasteiger partial charge on any atom is -0.465 e. The molecule has 1 aromatic carbocycles. The Morgan fingerprint density at radius 2 is 1.86 bits per heavy atom. The van der Waals surface area contributed by atoms with Crippen molar-refractivity contribution < 1.29 is 14.3 Å². The van der Waals surface area contributed by atoms with Gasteiger partial charge in [0, 0.05) is 26.2 Å². The maximum Gasteiger partial charge on any atom is 0.339 e. The Morgan fingerprint density at radius 3 is 2.50 bits per heavy atom. The van der Waals surface area contributed by atoms with Gasteiger partial charge in [-0.25, -0.2) is 9.59 Å². The van der Waals surface area contributed by atoms with Gasteiger partial charge in [0.2, 0.25) is 0 Å². The number of hydrogen-bond acceptors (Lipinski definition) is 4. The molecule has 1 fully saturated rings. The lowest BCUT2D eigenvalue weighted by atomic mass is 10.2. The van der Waals surface area contributed by atoms with Crippen LogP contribution in [0.2, 0.25) is 0 Å². The van der Waals surface area contributed by atoms with Crippen LogP contribution in [0.4, 0.5) is 10.5 Å². The van der Waals surface area contributed by atoms with E-state index >= 15 is 0 Å². The number of rotatable bonds is 4. The van der Waals surface area contributed by atoms with Crippen LogP contribution in [0, 0.1) is 0 Å². The second-order valence-electron chi connectivity index (χ2n) is 5.30. The molecule has 2 amide bonds. The molecule has 120 valence electrons. The number of hydrogen-bond donors (Lipinski definition) is 1. The number of para-hydroxylation sites is 1. The number of methoxy groups -OCH3 is 1. The zero-order chi connectivity index (χ0) is 15.9. The molecule has 1 N–H and O–H groups in total. The Balaban J connectivity index is 1.97. The molecule has 6 nitrogen and oxygen atoms in total. The largest absolute Gasteiger partial charge is 0.465 e. The third kappa shape index (κ3) is 3.98. The Labute approximate surface area is 131 Å². The molecule has 1 saturated heterocycles. The number of nitrogens with zero attached hydrogens (tertiary/aromatic N) is 2. The van der Waals surface area contributed by atoms with Gasteiger partial charge in [-0.1, -0.05) is 19.1 Å². The van der Waals surface area contributed by atoms with Gasteiger partial charge in [0.05, 0.1) is 18.4 Å². The van der Waals surface area contributed by atoms with E-state index in [1.807, 2.05) is 0 Å². The first-order valence-electron chi connectivity index (χ1n) is 7.61. The summed E-state index contributed by atoms with van der Waals surface area (Å²) in [5.41, 5.74) is 0.846. The van der Waals surface area contributed by atoms with Crippen molar-refractivity contribution in [1.82, 2.24) is 9.80 Å². The Morgan fingerprint density at radius 1 is 1.18 bits per heavy atom. The summed E-state index contributed by atoms with van der Waals surface area (Å²) >= 11 is 0. The van der Waals surface area contributed by atoms with Crippen molar-refractivity contribution in [2.45, 2.75) is 13.3 Å². The van der Waals surface area contributed by atoms with Gasteiger partial charge in [0.1, 0.15) is 0 Å². The van der Waals surface area contributed by atoms with Gasteiger partial charge in [-0.15, -0.1) is 0 Å². The van der Waals surface area contributed by atoms with E-state index < -0.39 is 5.97 Å². The van der Waals surface area contributed by atoms with E-state index in [0.29, 0.717) is 24.3 Å². The Hall–Kier alpha value is -2.08. The van der Waals surface area contributed by atoms with E-state index in [0.717, 1.165) is 26.1 Å². The minimum absolute atomic E-state index is 0.174. The number of carbonyl (C=O) groups is 2. The van der Waals surface area contributed by atoms with Crippen molar-refractivity contribution in [3.8, 4) is 0 Å². The van der Waals surface area contributed by atoms with Gasteiger partial charge in [-0.2, -0.15) is 0 Å². The number of nitrogens with one attached hydrogen (secondary N) is 1. The molecule has 0 bridgehead atoms. The van der Waals surface area contributed by atoms with E-state index in [4.69, 9.17) is 4.74 Å². The second kappa shape index (κ2) is 7.79. The van der Waals surface area contributed by atoms with Crippen LogP contribution in [0.25, 0.3) is 0 Å². The first-order chi connectivity index (χ1) is 10.7. The monoisotopic (exact) mass is 305 g/mol. The molecule has 22 heavy (non-hydrogen) atoms. The third-order valence-electron chi connectivity index (χ3n) is 3.77. The number of ether oxygens (including phenoxy) is 1. The highest BCUT2D eigenvalue weighted by molar-refractivity contribution is 6.00. The summed E-state index contributed by atoms with van der Waals surface area (Å²) in [6.45, 7) is 6.40. The van der Waals surface area contributed by atoms with Crippen molar-refractivity contribution in [3.63, 3.8) is 0 Å². The van der Waals surface area contributed by atoms with Crippen LogP contribution in [0.3, 0.4) is 0 Å². The maximum atomic E-state index is 12.3. The van der Waals surface area contributed by atoms with Gasteiger partial charge in [-0.05, 0) is 25.1 Å². The summed E-state index contributed by atoms with van der Waals surface area (Å²) < 4.78 is 4.73. The Kier molecular flexibility index (Phi) is 5.77. The SMILES string of the molecule is CCCN1CCN(C(=O)Nc2ccccc2C(=O)OC)CC1. The lowest BCUT2D eigenvalue weighted by Gasteiger charge is -2.34. The molecule has 1 aromatic rings. The van der Waals surface area contributed by atoms with Crippen molar-refractivity contribution >= 4 is 17.7 Å². The number of piperazine rings is 1. The molecule has 0 atom stereocenters. The molecule has 6 heteroatoms. The molecular formula is C16H23N3O3. The average Bonchev–Trinajstić information content (AvgIpc) is 2.55. The van der Waals surface area contributed by atoms with E-state index in [1.165, 1.54) is 7.11 Å². The molecule has 0 aromatic heterocycles. The molecular weight excluding hydrogens is 282 g/mol. The van der Waals surface area contributed by atoms with Crippen LogP contribution in [-0.4, -0.2) is 61.6 Å². The van der Waals surface area contributed by atoms with Gasteiger partial charge in [0.25, 0.3) is 0 Å². The Bertz CT molecular complexity index is 525. The molecule has 1 heterocycles. The van der Waals surface area contributed by atoms with Gasteiger partial charge in [0.15, 0.2) is 0 Å². The van der Waals surface area contributed by atoms with Crippen LogP contribution in [-0.2, 0) is 4.74 Å². The van der Waals surface area contributed by atoms with E-state index in [2.05, 4.69) is 17.1 Å². The van der Waals surface area contributed by atoms with Crippen molar-refractivity contribution in [2.75, 3.05) is 45.2 Å². The van der Waals surface area contributed by atoms with Gasteiger partial charge in [-0.3, -0.25) is 4.90 Å². The zero-order valence-electron chi connectivity index (χ0n) is 13.2. The fourth-order valence-electron chi connectivity index (χ4n) is 2.57. The molecule has 0 saturated carbocycles. The first-order valence-corrected chi connectivity index (χ1v) is 7.61. The predicted octanol–water partition coefficient (Wildman–Crippen LogP) is 2.03. The standard InChI is InChI=1S/C16H23N3O3/c1-3-8-18-9-11-19(12-10-18)16(21)17-14-7-5-4-6-13(14)15(20)22-2/h4-7H,3,8-12H2,1-2H3,(H,17,21). The number of esters is 1. The molecule has 1 aliphatic heterocycles. The van der Waals surface area contributed by atoms with Crippen LogP contribution < -0.4 is 5.32 Å². The quantitative estimate of drug-likeness (QED) is 0.865. The highest BCUT2D eigenvalue weighted by Gasteiger charge is 2.22. The van der Waals surface area contributed by atoms with Crippen molar-refractivity contribution in [2.24, 2.45) is 0 Å². The summed E-state index contributed by atoms with van der Waals surface area (Å²) in [6.07, 6.45) is 1.12. The maximum absolute atomic E-state index is 12.3. The number of carbonyl (C=O) groups excluding carboxylic acids is 2. The fourth-order valence-corrected chi connectivity index (χ4v) is 2.57. The lowest BCUT2D eigenvalue weighted by Crippen LogP contribution is -2.50. The van der Waals surface area contributed by atoms with Crippen molar-refractivity contribution in [3.05, 3.63) is 29.8 Å². The third-order valence-corrected chi connectivity index (χ3v) is 3.77. The molecule has 2 rings (SSSR count). The van der Waals surface area contributed by atoms with Gasteiger partial charge >= 0.3 is 12.0 Å². The second-order valence-corrected chi connectivity index (χ2v) is 5.30. The summed E-state index contributed by atoms with van der Waals surface area (Å²) in [5, 5.41) is 2.81. The van der Waals surface area contributed by atoms with E-state index in [9.17, 15) is 9.59 Å². The van der Waals surface area contributed by atoms with Crippen molar-refractivity contribution in [1.29, 1.82) is 0 Å². The number of amides is 2. The molecule has 0 unspecified atom stereocenters. The predicted molar refractivity (Wildman–Crippen MR) is 85.1 cm³/mol. The van der Waals surface area contributed by atoms with Crippen LogP contribution in [0.5, 0.6) is 0 Å². The summed E-state index contributed by atoms with van der Waals surface area (Å²) in [5.74, 6) is -0.455. The molecule has 0 spiro atoms. The fraction of sp³-hybridized carbons (Fsp3) is 0.500. The molecule has 0 aliphatic carbocycles. The number of anilines is 1. The average molecular weight is 305 g/mol. The first kappa shape index (κ1) is 16.3. The van der Waals surface area contributed by atoms with Crippen LogP contribution in [0.15, 0.2) is 24.3 Å². The zero-order valence-corrected chi connectivity index (χ0v) is 13.2. The number of urea groups is 1. The minimum atomic E-state index is -0.455. The summed E-state index contributed by atoms with van der Waals surface area (Å²) in [4.78, 5) is 28.2. The van der Waals surface area contributed by atoms with Crippen LogP contribution >= 0.6 is 0 Å². The topological polar surface area (TPSA) is 61.9 Å². The summed E-state index contributed by atoms with van der Waals surface area (Å²) in [6, 6.07) is 6.69. The highest BCUT2D eigenvalue weighted by Crippen LogP contribution is 2.17.